The van der Waals surface area contributed by atoms with Crippen LogP contribution in [-0.4, -0.2) is 5.91 Å². The Hall–Kier alpha value is -3.53. The smallest absolute Gasteiger partial charge is 0.255 e. The molecule has 4 nitrogen and oxygen atoms in total. The zero-order chi connectivity index (χ0) is 18.8. The predicted octanol–water partition coefficient (Wildman–Crippen LogP) is 4.09. The summed E-state index contributed by atoms with van der Waals surface area (Å²) in [6, 6.07) is 16.8. The molecule has 0 saturated heterocycles. The molecule has 0 heterocycles. The lowest BCUT2D eigenvalue weighted by molar-refractivity contribution is 0.0966. The van der Waals surface area contributed by atoms with Crippen LogP contribution < -0.4 is 15.8 Å². The van der Waals surface area contributed by atoms with Gasteiger partial charge in [0.15, 0.2) is 0 Å². The van der Waals surface area contributed by atoms with Gasteiger partial charge in [0.1, 0.15) is 12.4 Å². The second-order valence-corrected chi connectivity index (χ2v) is 5.43. The summed E-state index contributed by atoms with van der Waals surface area (Å²) >= 11 is 0. The Labute approximate surface area is 154 Å². The molecular formula is C22H22N2O2. The molecule has 0 aliphatic heterocycles. The van der Waals surface area contributed by atoms with Crippen molar-refractivity contribution in [3.05, 3.63) is 115 Å². The minimum atomic E-state index is -0.256. The molecular weight excluding hydrogens is 324 g/mol. The van der Waals surface area contributed by atoms with E-state index in [0.29, 0.717) is 23.6 Å². The van der Waals surface area contributed by atoms with Gasteiger partial charge >= 0.3 is 0 Å². The maximum atomic E-state index is 12.4. The Morgan fingerprint density at radius 1 is 1.00 bits per heavy atom. The summed E-state index contributed by atoms with van der Waals surface area (Å²) in [7, 11) is 0. The highest BCUT2D eigenvalue weighted by Gasteiger charge is 2.09. The van der Waals surface area contributed by atoms with E-state index in [-0.39, 0.29) is 5.91 Å². The maximum Gasteiger partial charge on any atom is 0.255 e. The molecule has 1 amide bonds. The Kier molecular flexibility index (Phi) is 7.01. The topological polar surface area (TPSA) is 64.3 Å². The highest BCUT2D eigenvalue weighted by atomic mass is 16.5. The van der Waals surface area contributed by atoms with E-state index < -0.39 is 0 Å². The van der Waals surface area contributed by atoms with Crippen molar-refractivity contribution in [2.45, 2.75) is 6.61 Å². The number of hydrogen-bond donors (Lipinski definition) is 2. The molecule has 0 fully saturated rings. The van der Waals surface area contributed by atoms with E-state index in [1.807, 2.05) is 42.5 Å². The van der Waals surface area contributed by atoms with Crippen LogP contribution in [0, 0.1) is 0 Å². The van der Waals surface area contributed by atoms with Gasteiger partial charge in [-0.05, 0) is 42.0 Å². The molecule has 2 aromatic carbocycles. The lowest BCUT2D eigenvalue weighted by Gasteiger charge is -2.10. The van der Waals surface area contributed by atoms with E-state index in [0.717, 1.165) is 11.3 Å². The summed E-state index contributed by atoms with van der Waals surface area (Å²) < 4.78 is 5.69. The van der Waals surface area contributed by atoms with Gasteiger partial charge in [-0.3, -0.25) is 4.79 Å². The molecule has 26 heavy (non-hydrogen) atoms. The highest BCUT2D eigenvalue weighted by molar-refractivity contribution is 5.95. The lowest BCUT2D eigenvalue weighted by Crippen LogP contribution is -2.26. The zero-order valence-corrected chi connectivity index (χ0v) is 14.5. The molecule has 0 atom stereocenters. The zero-order valence-electron chi connectivity index (χ0n) is 14.5. The number of nitrogens with one attached hydrogen (secondary N) is 1. The number of nitrogens with two attached hydrogens (primary N) is 1. The summed E-state index contributed by atoms with van der Waals surface area (Å²) in [6.45, 7) is 7.66. The van der Waals surface area contributed by atoms with E-state index in [4.69, 9.17) is 10.5 Å². The predicted molar refractivity (Wildman–Crippen MR) is 105 cm³/mol. The van der Waals surface area contributed by atoms with Crippen molar-refractivity contribution in [1.82, 2.24) is 5.32 Å². The Bertz CT molecular complexity index is 819. The fraction of sp³-hybridized carbons (Fsp3) is 0.0455. The quantitative estimate of drug-likeness (QED) is 0.708. The van der Waals surface area contributed by atoms with Crippen molar-refractivity contribution in [3.63, 3.8) is 0 Å². The SMILES string of the molecule is C=C/C=C(N)\C(=C/C=C)NC(=O)c1ccc(COc2ccccc2)cc1. The van der Waals surface area contributed by atoms with Crippen LogP contribution in [0.15, 0.2) is 103 Å². The Balaban J connectivity index is 2.01. The minimum Gasteiger partial charge on any atom is -0.489 e. The van der Waals surface area contributed by atoms with Gasteiger partial charge in [0.05, 0.1) is 11.4 Å². The molecule has 2 rings (SSSR count). The average Bonchev–Trinajstić information content (AvgIpc) is 2.67. The largest absolute Gasteiger partial charge is 0.489 e. The fourth-order valence-electron chi connectivity index (χ4n) is 2.17. The minimum absolute atomic E-state index is 0.256. The van der Waals surface area contributed by atoms with Gasteiger partial charge < -0.3 is 15.8 Å². The molecule has 0 aliphatic rings. The van der Waals surface area contributed by atoms with E-state index in [1.165, 1.54) is 0 Å². The Morgan fingerprint density at radius 3 is 2.27 bits per heavy atom. The van der Waals surface area contributed by atoms with Gasteiger partial charge in [-0.1, -0.05) is 55.6 Å². The Morgan fingerprint density at radius 2 is 1.65 bits per heavy atom. The summed E-state index contributed by atoms with van der Waals surface area (Å²) in [4.78, 5) is 12.4. The maximum absolute atomic E-state index is 12.4. The first kappa shape index (κ1) is 18.8. The summed E-state index contributed by atoms with van der Waals surface area (Å²) in [5.41, 5.74) is 8.27. The number of hydrogen-bond acceptors (Lipinski definition) is 3. The van der Waals surface area contributed by atoms with E-state index in [1.54, 1.807) is 36.4 Å². The van der Waals surface area contributed by atoms with Crippen LogP contribution in [0.2, 0.25) is 0 Å². The van der Waals surface area contributed by atoms with Crippen LogP contribution in [-0.2, 0) is 6.61 Å². The second kappa shape index (κ2) is 9.69. The molecule has 0 aliphatic carbocycles. The summed E-state index contributed by atoms with van der Waals surface area (Å²) in [6.07, 6.45) is 6.36. The second-order valence-electron chi connectivity index (χ2n) is 5.43. The number of para-hydroxylation sites is 1. The molecule has 4 heteroatoms. The van der Waals surface area contributed by atoms with Gasteiger partial charge in [-0.2, -0.15) is 0 Å². The van der Waals surface area contributed by atoms with E-state index in [2.05, 4.69) is 18.5 Å². The first-order chi connectivity index (χ1) is 12.6. The van der Waals surface area contributed by atoms with Gasteiger partial charge in [0.2, 0.25) is 0 Å². The normalized spacial score (nSPS) is 11.5. The van der Waals surface area contributed by atoms with Crippen LogP contribution in [0.25, 0.3) is 0 Å². The lowest BCUT2D eigenvalue weighted by atomic mass is 10.1. The van der Waals surface area contributed by atoms with Gasteiger partial charge in [-0.25, -0.2) is 0 Å². The van der Waals surface area contributed by atoms with Crippen molar-refractivity contribution >= 4 is 5.91 Å². The summed E-state index contributed by atoms with van der Waals surface area (Å²) in [5.74, 6) is 0.548. The number of allylic oxidation sites excluding steroid dienone is 4. The third-order valence-electron chi connectivity index (χ3n) is 3.51. The third-order valence-corrected chi connectivity index (χ3v) is 3.51. The molecule has 0 radical (unpaired) electrons. The summed E-state index contributed by atoms with van der Waals surface area (Å²) in [5, 5.41) is 2.77. The molecule has 0 unspecified atom stereocenters. The molecule has 3 N–H and O–H groups in total. The number of rotatable bonds is 8. The standard InChI is InChI=1S/C22H22N2O2/c1-3-8-20(23)21(9-4-2)24-22(25)18-14-12-17(13-15-18)16-26-19-10-6-5-7-11-19/h3-15H,1-2,16,23H2,(H,24,25)/b20-8+,21-9+. The highest BCUT2D eigenvalue weighted by Crippen LogP contribution is 2.13. The van der Waals surface area contributed by atoms with Crippen LogP contribution >= 0.6 is 0 Å². The van der Waals surface area contributed by atoms with Crippen LogP contribution in [0.5, 0.6) is 5.75 Å². The number of carbonyl (C=O) groups is 1. The molecule has 0 aromatic heterocycles. The number of ether oxygens (including phenoxy) is 1. The van der Waals surface area contributed by atoms with Crippen molar-refractivity contribution in [2.24, 2.45) is 5.73 Å². The molecule has 0 spiro atoms. The van der Waals surface area contributed by atoms with Gasteiger partial charge in [0.25, 0.3) is 5.91 Å². The van der Waals surface area contributed by atoms with E-state index in [9.17, 15) is 4.79 Å². The number of amides is 1. The molecule has 0 saturated carbocycles. The molecule has 2 aromatic rings. The van der Waals surface area contributed by atoms with Crippen LogP contribution in [0.3, 0.4) is 0 Å². The fourth-order valence-corrected chi connectivity index (χ4v) is 2.17. The van der Waals surface area contributed by atoms with Gasteiger partial charge in [0, 0.05) is 5.56 Å². The van der Waals surface area contributed by atoms with Gasteiger partial charge in [-0.15, -0.1) is 0 Å². The van der Waals surface area contributed by atoms with Crippen molar-refractivity contribution < 1.29 is 9.53 Å². The average molecular weight is 346 g/mol. The molecule has 0 bridgehead atoms. The monoisotopic (exact) mass is 346 g/mol. The third kappa shape index (κ3) is 5.53. The van der Waals surface area contributed by atoms with E-state index >= 15 is 0 Å². The van der Waals surface area contributed by atoms with Crippen LogP contribution in [0.1, 0.15) is 15.9 Å². The first-order valence-electron chi connectivity index (χ1n) is 8.13. The van der Waals surface area contributed by atoms with Crippen molar-refractivity contribution in [1.29, 1.82) is 0 Å². The number of benzene rings is 2. The van der Waals surface area contributed by atoms with Crippen molar-refractivity contribution in [3.8, 4) is 5.75 Å². The van der Waals surface area contributed by atoms with Crippen LogP contribution in [0.4, 0.5) is 0 Å². The number of carbonyl (C=O) groups excluding carboxylic acids is 1. The molecule has 132 valence electrons. The first-order valence-corrected chi connectivity index (χ1v) is 8.13. The van der Waals surface area contributed by atoms with Crippen molar-refractivity contribution in [2.75, 3.05) is 0 Å².